The lowest BCUT2D eigenvalue weighted by Gasteiger charge is -2.42. The van der Waals surface area contributed by atoms with Gasteiger partial charge in [0.25, 0.3) is 0 Å². The monoisotopic (exact) mass is 190 g/mol. The van der Waals surface area contributed by atoms with E-state index in [9.17, 15) is 5.11 Å². The fourth-order valence-corrected chi connectivity index (χ4v) is 2.46. The van der Waals surface area contributed by atoms with Gasteiger partial charge in [-0.3, -0.25) is 0 Å². The second-order valence-electron chi connectivity index (χ2n) is 4.30. The molecule has 1 aliphatic rings. The van der Waals surface area contributed by atoms with Gasteiger partial charge in [-0.2, -0.15) is 0 Å². The van der Waals surface area contributed by atoms with Gasteiger partial charge in [0.05, 0.1) is 6.61 Å². The summed E-state index contributed by atoms with van der Waals surface area (Å²) in [6.07, 6.45) is 4.64. The summed E-state index contributed by atoms with van der Waals surface area (Å²) < 4.78 is 0. The summed E-state index contributed by atoms with van der Waals surface area (Å²) >= 11 is 0. The van der Waals surface area contributed by atoms with Gasteiger partial charge in [-0.1, -0.05) is 37.6 Å². The molecule has 0 bridgehead atoms. The first-order valence-electron chi connectivity index (χ1n) is 5.51. The van der Waals surface area contributed by atoms with Crippen LogP contribution in [-0.2, 0) is 11.8 Å². The van der Waals surface area contributed by atoms with E-state index in [2.05, 4.69) is 31.2 Å². The van der Waals surface area contributed by atoms with Gasteiger partial charge in [-0.15, -0.1) is 0 Å². The predicted molar refractivity (Wildman–Crippen MR) is 58.4 cm³/mol. The molecular weight excluding hydrogens is 172 g/mol. The second-order valence-corrected chi connectivity index (χ2v) is 4.30. The predicted octanol–water partition coefficient (Wildman–Crippen LogP) is 2.66. The molecule has 0 spiro atoms. The molecule has 1 saturated carbocycles. The van der Waals surface area contributed by atoms with E-state index >= 15 is 0 Å². The Labute approximate surface area is 85.8 Å². The molecule has 1 aromatic carbocycles. The summed E-state index contributed by atoms with van der Waals surface area (Å²) in [5, 5.41) is 9.51. The molecule has 0 heterocycles. The zero-order valence-electron chi connectivity index (χ0n) is 8.79. The minimum atomic E-state index is 0.104. The van der Waals surface area contributed by atoms with Crippen LogP contribution in [0.5, 0.6) is 0 Å². The SMILES string of the molecule is CCc1ccccc1C1(CO)CCC1. The molecule has 2 rings (SSSR count). The van der Waals surface area contributed by atoms with Gasteiger partial charge in [0.2, 0.25) is 0 Å². The van der Waals surface area contributed by atoms with Gasteiger partial charge < -0.3 is 5.11 Å². The Hall–Kier alpha value is -0.820. The smallest absolute Gasteiger partial charge is 0.0528 e. The highest BCUT2D eigenvalue weighted by atomic mass is 16.3. The van der Waals surface area contributed by atoms with Gasteiger partial charge in [0.15, 0.2) is 0 Å². The van der Waals surface area contributed by atoms with Crippen molar-refractivity contribution in [3.8, 4) is 0 Å². The molecule has 1 nitrogen and oxygen atoms in total. The number of aliphatic hydroxyl groups is 1. The number of hydrogen-bond acceptors (Lipinski definition) is 1. The van der Waals surface area contributed by atoms with Crippen LogP contribution in [0, 0.1) is 0 Å². The molecule has 0 amide bonds. The minimum Gasteiger partial charge on any atom is -0.395 e. The van der Waals surface area contributed by atoms with Crippen molar-refractivity contribution in [2.45, 2.75) is 38.0 Å². The molecule has 0 radical (unpaired) electrons. The Bertz CT molecular complexity index is 307. The summed E-state index contributed by atoms with van der Waals surface area (Å²) in [5.74, 6) is 0. The molecule has 0 aromatic heterocycles. The average molecular weight is 190 g/mol. The standard InChI is InChI=1S/C13H18O/c1-2-11-6-3-4-7-12(11)13(10-14)8-5-9-13/h3-4,6-7,14H,2,5,8-10H2,1H3. The maximum atomic E-state index is 9.51. The van der Waals surface area contributed by atoms with Crippen molar-refractivity contribution < 1.29 is 5.11 Å². The molecule has 1 N–H and O–H groups in total. The lowest BCUT2D eigenvalue weighted by molar-refractivity contribution is 0.119. The molecule has 1 aromatic rings. The molecule has 76 valence electrons. The highest BCUT2D eigenvalue weighted by molar-refractivity contribution is 5.36. The quantitative estimate of drug-likeness (QED) is 0.777. The first-order valence-corrected chi connectivity index (χ1v) is 5.51. The second kappa shape index (κ2) is 3.74. The number of benzene rings is 1. The van der Waals surface area contributed by atoms with Crippen molar-refractivity contribution in [1.29, 1.82) is 0 Å². The Morgan fingerprint density at radius 3 is 2.50 bits per heavy atom. The van der Waals surface area contributed by atoms with E-state index in [0.717, 1.165) is 19.3 Å². The van der Waals surface area contributed by atoms with Crippen LogP contribution < -0.4 is 0 Å². The van der Waals surface area contributed by atoms with E-state index in [4.69, 9.17) is 0 Å². The third kappa shape index (κ3) is 1.36. The molecular formula is C13H18O. The normalized spacial score (nSPS) is 19.0. The Balaban J connectivity index is 2.38. The van der Waals surface area contributed by atoms with Crippen LogP contribution in [0.25, 0.3) is 0 Å². The van der Waals surface area contributed by atoms with Crippen molar-refractivity contribution in [2.75, 3.05) is 6.61 Å². The largest absolute Gasteiger partial charge is 0.395 e. The van der Waals surface area contributed by atoms with E-state index < -0.39 is 0 Å². The van der Waals surface area contributed by atoms with Gasteiger partial charge in [-0.05, 0) is 30.4 Å². The summed E-state index contributed by atoms with van der Waals surface area (Å²) in [7, 11) is 0. The minimum absolute atomic E-state index is 0.104. The maximum absolute atomic E-state index is 9.51. The van der Waals surface area contributed by atoms with E-state index in [-0.39, 0.29) is 5.41 Å². The maximum Gasteiger partial charge on any atom is 0.0528 e. The van der Waals surface area contributed by atoms with Crippen LogP contribution in [0.3, 0.4) is 0 Å². The molecule has 0 atom stereocenters. The summed E-state index contributed by atoms with van der Waals surface area (Å²) in [5.41, 5.74) is 2.89. The van der Waals surface area contributed by atoms with Gasteiger partial charge in [0.1, 0.15) is 0 Å². The van der Waals surface area contributed by atoms with Gasteiger partial charge in [0, 0.05) is 5.41 Å². The molecule has 1 heteroatoms. The summed E-state index contributed by atoms with van der Waals surface area (Å²) in [6.45, 7) is 2.49. The Morgan fingerprint density at radius 1 is 1.29 bits per heavy atom. The lowest BCUT2D eigenvalue weighted by Crippen LogP contribution is -2.38. The molecule has 1 fully saturated rings. The highest BCUT2D eigenvalue weighted by Gasteiger charge is 2.38. The topological polar surface area (TPSA) is 20.2 Å². The fourth-order valence-electron chi connectivity index (χ4n) is 2.46. The van der Waals surface area contributed by atoms with Crippen molar-refractivity contribution >= 4 is 0 Å². The van der Waals surface area contributed by atoms with Gasteiger partial charge >= 0.3 is 0 Å². The van der Waals surface area contributed by atoms with Crippen LogP contribution >= 0.6 is 0 Å². The average Bonchev–Trinajstić information content (AvgIpc) is 2.18. The Morgan fingerprint density at radius 2 is 2.00 bits per heavy atom. The summed E-state index contributed by atoms with van der Waals surface area (Å²) in [6, 6.07) is 8.55. The Kier molecular flexibility index (Phi) is 2.60. The molecule has 0 aliphatic heterocycles. The number of aryl methyl sites for hydroxylation is 1. The zero-order chi connectivity index (χ0) is 10.0. The van der Waals surface area contributed by atoms with Crippen LogP contribution in [0.1, 0.15) is 37.3 Å². The van der Waals surface area contributed by atoms with E-state index in [1.807, 2.05) is 0 Å². The highest BCUT2D eigenvalue weighted by Crippen LogP contribution is 2.44. The van der Waals surface area contributed by atoms with Crippen molar-refractivity contribution in [3.63, 3.8) is 0 Å². The molecule has 1 aliphatic carbocycles. The van der Waals surface area contributed by atoms with Crippen molar-refractivity contribution in [3.05, 3.63) is 35.4 Å². The van der Waals surface area contributed by atoms with Crippen LogP contribution in [0.4, 0.5) is 0 Å². The third-order valence-electron chi connectivity index (χ3n) is 3.58. The molecule has 0 saturated heterocycles. The van der Waals surface area contributed by atoms with Crippen molar-refractivity contribution in [1.82, 2.24) is 0 Å². The first-order chi connectivity index (χ1) is 6.82. The van der Waals surface area contributed by atoms with Crippen molar-refractivity contribution in [2.24, 2.45) is 0 Å². The van der Waals surface area contributed by atoms with Crippen LogP contribution in [0.2, 0.25) is 0 Å². The van der Waals surface area contributed by atoms with E-state index in [1.54, 1.807) is 0 Å². The number of hydrogen-bond donors (Lipinski definition) is 1. The third-order valence-corrected chi connectivity index (χ3v) is 3.58. The number of rotatable bonds is 3. The summed E-state index contributed by atoms with van der Waals surface area (Å²) in [4.78, 5) is 0. The lowest BCUT2D eigenvalue weighted by atomic mass is 9.64. The van der Waals surface area contributed by atoms with Gasteiger partial charge in [-0.25, -0.2) is 0 Å². The molecule has 14 heavy (non-hydrogen) atoms. The first kappa shape index (κ1) is 9.72. The number of aliphatic hydroxyl groups excluding tert-OH is 1. The molecule has 0 unspecified atom stereocenters. The van der Waals surface area contributed by atoms with Crippen LogP contribution in [-0.4, -0.2) is 11.7 Å². The van der Waals surface area contributed by atoms with E-state index in [1.165, 1.54) is 17.5 Å². The zero-order valence-corrected chi connectivity index (χ0v) is 8.79. The fraction of sp³-hybridized carbons (Fsp3) is 0.538. The van der Waals surface area contributed by atoms with Crippen LogP contribution in [0.15, 0.2) is 24.3 Å². The van der Waals surface area contributed by atoms with E-state index in [0.29, 0.717) is 6.61 Å².